The summed E-state index contributed by atoms with van der Waals surface area (Å²) in [6, 6.07) is 17.7. The largest absolute Gasteiger partial charge is 0.332 e. The highest BCUT2D eigenvalue weighted by molar-refractivity contribution is 7.80. The molecule has 1 amide bonds. The maximum absolute atomic E-state index is 12.1. The quantitative estimate of drug-likeness (QED) is 0.480. The fourth-order valence-corrected chi connectivity index (χ4v) is 3.75. The van der Waals surface area contributed by atoms with Gasteiger partial charge in [-0.3, -0.25) is 10.1 Å². The number of amides is 1. The van der Waals surface area contributed by atoms with E-state index in [1.54, 1.807) is 18.2 Å². The molecule has 3 aromatic carbocycles. The van der Waals surface area contributed by atoms with Gasteiger partial charge in [-0.05, 0) is 71.4 Å². The van der Waals surface area contributed by atoms with E-state index >= 15 is 0 Å². The fourth-order valence-electron chi connectivity index (χ4n) is 3.41. The minimum Gasteiger partial charge on any atom is -0.332 e. The molecular formula is C22H17ClN2OS. The van der Waals surface area contributed by atoms with Crippen molar-refractivity contribution < 1.29 is 4.79 Å². The molecule has 2 N–H and O–H groups in total. The van der Waals surface area contributed by atoms with Crippen molar-refractivity contribution in [3.05, 3.63) is 82.4 Å². The van der Waals surface area contributed by atoms with Gasteiger partial charge in [-0.25, -0.2) is 0 Å². The Labute approximate surface area is 168 Å². The van der Waals surface area contributed by atoms with E-state index in [0.29, 0.717) is 5.02 Å². The minimum atomic E-state index is -0.284. The van der Waals surface area contributed by atoms with Crippen molar-refractivity contribution >= 4 is 57.4 Å². The standard InChI is InChI=1S/C22H17ClN2OS/c23-17-10-4-14(5-11-17)6-13-20(26)25-22(27)24-19-12-9-16-8-7-15-2-1-3-18(19)21(15)16/h1-6,9-13H,7-8H2,(H2,24,25,26,27). The first-order chi connectivity index (χ1) is 13.1. The molecule has 0 aliphatic heterocycles. The number of halogens is 1. The van der Waals surface area contributed by atoms with Crippen LogP contribution in [0.25, 0.3) is 16.8 Å². The first kappa shape index (κ1) is 17.7. The van der Waals surface area contributed by atoms with Crippen molar-refractivity contribution in [1.29, 1.82) is 0 Å². The lowest BCUT2D eigenvalue weighted by molar-refractivity contribution is -0.115. The lowest BCUT2D eigenvalue weighted by Crippen LogP contribution is -2.32. The molecule has 27 heavy (non-hydrogen) atoms. The summed E-state index contributed by atoms with van der Waals surface area (Å²) in [5, 5.41) is 9.22. The Hall–Kier alpha value is -2.69. The summed E-state index contributed by atoms with van der Waals surface area (Å²) in [6.45, 7) is 0. The molecular weight excluding hydrogens is 376 g/mol. The second-order valence-corrected chi connectivity index (χ2v) is 7.28. The first-order valence-electron chi connectivity index (χ1n) is 8.69. The number of rotatable bonds is 3. The highest BCUT2D eigenvalue weighted by Gasteiger charge is 2.16. The Kier molecular flexibility index (Phi) is 4.92. The van der Waals surface area contributed by atoms with E-state index in [1.807, 2.05) is 18.2 Å². The lowest BCUT2D eigenvalue weighted by atomic mass is 10.0. The lowest BCUT2D eigenvalue weighted by Gasteiger charge is -2.12. The molecule has 0 radical (unpaired) electrons. The van der Waals surface area contributed by atoms with Gasteiger partial charge >= 0.3 is 0 Å². The number of hydrogen-bond acceptors (Lipinski definition) is 2. The Morgan fingerprint density at radius 1 is 1.00 bits per heavy atom. The highest BCUT2D eigenvalue weighted by atomic mass is 35.5. The van der Waals surface area contributed by atoms with Gasteiger partial charge in [-0.1, -0.05) is 48.0 Å². The summed E-state index contributed by atoms with van der Waals surface area (Å²) in [7, 11) is 0. The monoisotopic (exact) mass is 392 g/mol. The van der Waals surface area contributed by atoms with Gasteiger partial charge in [0.1, 0.15) is 0 Å². The molecule has 0 spiro atoms. The van der Waals surface area contributed by atoms with E-state index in [4.69, 9.17) is 23.8 Å². The molecule has 4 rings (SSSR count). The van der Waals surface area contributed by atoms with Crippen LogP contribution in [-0.4, -0.2) is 11.0 Å². The van der Waals surface area contributed by atoms with Crippen molar-refractivity contribution in [2.75, 3.05) is 5.32 Å². The second kappa shape index (κ2) is 7.51. The summed E-state index contributed by atoms with van der Waals surface area (Å²) < 4.78 is 0. The zero-order chi connectivity index (χ0) is 18.8. The van der Waals surface area contributed by atoms with E-state index < -0.39 is 0 Å². The summed E-state index contributed by atoms with van der Waals surface area (Å²) in [5.41, 5.74) is 4.53. The van der Waals surface area contributed by atoms with Gasteiger partial charge in [-0.15, -0.1) is 0 Å². The average Bonchev–Trinajstić information content (AvgIpc) is 3.08. The Morgan fingerprint density at radius 2 is 1.74 bits per heavy atom. The smallest absolute Gasteiger partial charge is 0.250 e. The number of thiocarbonyl (C=S) groups is 1. The zero-order valence-electron chi connectivity index (χ0n) is 14.5. The third-order valence-electron chi connectivity index (χ3n) is 4.66. The summed E-state index contributed by atoms with van der Waals surface area (Å²) in [6.07, 6.45) is 5.32. The van der Waals surface area contributed by atoms with Crippen LogP contribution in [0.1, 0.15) is 16.7 Å². The van der Waals surface area contributed by atoms with Crippen LogP contribution in [0.2, 0.25) is 5.02 Å². The maximum atomic E-state index is 12.1. The van der Waals surface area contributed by atoms with E-state index in [1.165, 1.54) is 22.6 Å². The predicted octanol–water partition coefficient (Wildman–Crippen LogP) is 5.12. The number of benzene rings is 3. The van der Waals surface area contributed by atoms with Gasteiger partial charge in [0.25, 0.3) is 0 Å². The number of nitrogens with one attached hydrogen (secondary N) is 2. The Bertz CT molecular complexity index is 1060. The molecule has 1 aliphatic carbocycles. The van der Waals surface area contributed by atoms with E-state index in [9.17, 15) is 4.79 Å². The molecule has 0 saturated heterocycles. The van der Waals surface area contributed by atoms with Crippen LogP contribution in [0, 0.1) is 0 Å². The normalized spacial score (nSPS) is 12.5. The molecule has 5 heteroatoms. The van der Waals surface area contributed by atoms with Crippen molar-refractivity contribution in [2.24, 2.45) is 0 Å². The summed E-state index contributed by atoms with van der Waals surface area (Å²) in [4.78, 5) is 12.1. The SMILES string of the molecule is O=C(C=Cc1ccc(Cl)cc1)NC(=S)Nc1ccc2c3c(cccc13)CC2. The van der Waals surface area contributed by atoms with Crippen molar-refractivity contribution in [1.82, 2.24) is 5.32 Å². The molecule has 1 aliphatic rings. The molecule has 134 valence electrons. The Balaban J connectivity index is 1.45. The minimum absolute atomic E-state index is 0.277. The van der Waals surface area contributed by atoms with Crippen LogP contribution in [0.5, 0.6) is 0 Å². The van der Waals surface area contributed by atoms with Crippen LogP contribution in [0.15, 0.2) is 60.7 Å². The van der Waals surface area contributed by atoms with Crippen molar-refractivity contribution in [2.45, 2.75) is 12.8 Å². The summed E-state index contributed by atoms with van der Waals surface area (Å²) >= 11 is 11.2. The topological polar surface area (TPSA) is 41.1 Å². The van der Waals surface area contributed by atoms with Crippen LogP contribution >= 0.6 is 23.8 Å². The van der Waals surface area contributed by atoms with E-state index in [-0.39, 0.29) is 11.0 Å². The number of carbonyl (C=O) groups is 1. The van der Waals surface area contributed by atoms with Gasteiger partial charge in [-0.2, -0.15) is 0 Å². The van der Waals surface area contributed by atoms with Crippen LogP contribution < -0.4 is 10.6 Å². The predicted molar refractivity (Wildman–Crippen MR) is 116 cm³/mol. The summed E-state index contributed by atoms with van der Waals surface area (Å²) in [5.74, 6) is -0.284. The van der Waals surface area contributed by atoms with Gasteiger partial charge in [0.05, 0.1) is 0 Å². The molecule has 3 aromatic rings. The molecule has 0 heterocycles. The fraction of sp³-hybridized carbons (Fsp3) is 0.0909. The van der Waals surface area contributed by atoms with Crippen molar-refractivity contribution in [3.63, 3.8) is 0 Å². The van der Waals surface area contributed by atoms with Crippen molar-refractivity contribution in [3.8, 4) is 0 Å². The average molecular weight is 393 g/mol. The van der Waals surface area contributed by atoms with Gasteiger partial charge < -0.3 is 5.32 Å². The molecule has 0 bridgehead atoms. The van der Waals surface area contributed by atoms with Gasteiger partial charge in [0, 0.05) is 22.2 Å². The number of hydrogen-bond donors (Lipinski definition) is 2. The molecule has 0 aromatic heterocycles. The number of aryl methyl sites for hydroxylation is 2. The maximum Gasteiger partial charge on any atom is 0.250 e. The molecule has 0 fully saturated rings. The molecule has 0 saturated carbocycles. The molecule has 0 unspecified atom stereocenters. The zero-order valence-corrected chi connectivity index (χ0v) is 16.0. The molecule has 3 nitrogen and oxygen atoms in total. The van der Waals surface area contributed by atoms with Crippen LogP contribution in [0.4, 0.5) is 5.69 Å². The van der Waals surface area contributed by atoms with Gasteiger partial charge in [0.15, 0.2) is 5.11 Å². The number of carbonyl (C=O) groups excluding carboxylic acids is 1. The Morgan fingerprint density at radius 3 is 2.52 bits per heavy atom. The van der Waals surface area contributed by atoms with Gasteiger partial charge in [0.2, 0.25) is 5.91 Å². The first-order valence-corrected chi connectivity index (χ1v) is 9.48. The number of anilines is 1. The third-order valence-corrected chi connectivity index (χ3v) is 5.12. The second-order valence-electron chi connectivity index (χ2n) is 6.44. The highest BCUT2D eigenvalue weighted by Crippen LogP contribution is 2.34. The van der Waals surface area contributed by atoms with E-state index in [2.05, 4.69) is 34.9 Å². The van der Waals surface area contributed by atoms with Crippen LogP contribution in [0.3, 0.4) is 0 Å². The van der Waals surface area contributed by atoms with Crippen LogP contribution in [-0.2, 0) is 17.6 Å². The third kappa shape index (κ3) is 3.87. The van der Waals surface area contributed by atoms with E-state index in [0.717, 1.165) is 29.5 Å². The molecule has 0 atom stereocenters.